The molecule has 9 heteroatoms. The molecule has 0 spiro atoms. The van der Waals surface area contributed by atoms with Gasteiger partial charge in [-0.1, -0.05) is 0 Å². The zero-order valence-corrected chi connectivity index (χ0v) is 8.25. The quantitative estimate of drug-likeness (QED) is 0.459. The maximum Gasteiger partial charge on any atom is 0.534 e. The molecule has 0 saturated heterocycles. The molecule has 0 atom stereocenters. The first-order chi connectivity index (χ1) is 7.26. The van der Waals surface area contributed by atoms with Crippen LogP contribution in [0.2, 0.25) is 0 Å². The molecule has 0 fully saturated rings. The molecule has 0 aliphatic carbocycles. The van der Waals surface area contributed by atoms with Crippen LogP contribution in [0.25, 0.3) is 0 Å². The third-order valence-corrected chi connectivity index (χ3v) is 2.34. The van der Waals surface area contributed by atoms with Gasteiger partial charge in [-0.2, -0.15) is 21.6 Å². The standard InChI is InChI=1S/C7H4F3NO4S/c8-7(9,10)16(13,14)15-6-1-5(4-12)2-11-3-6/h1-4H. The summed E-state index contributed by atoms with van der Waals surface area (Å²) >= 11 is 0. The Labute approximate surface area is 88.0 Å². The zero-order chi connectivity index (χ0) is 12.4. The highest BCUT2D eigenvalue weighted by atomic mass is 32.2. The largest absolute Gasteiger partial charge is 0.534 e. The lowest BCUT2D eigenvalue weighted by Crippen LogP contribution is -2.28. The van der Waals surface area contributed by atoms with E-state index < -0.39 is 21.4 Å². The average Bonchev–Trinajstić information content (AvgIpc) is 2.15. The molecule has 1 heterocycles. The van der Waals surface area contributed by atoms with Gasteiger partial charge in [-0.3, -0.25) is 9.78 Å². The third-order valence-electron chi connectivity index (χ3n) is 1.36. The van der Waals surface area contributed by atoms with Gasteiger partial charge < -0.3 is 4.18 Å². The number of nitrogens with zero attached hydrogens (tertiary/aromatic N) is 1. The van der Waals surface area contributed by atoms with Crippen molar-refractivity contribution in [1.82, 2.24) is 4.98 Å². The molecule has 5 nitrogen and oxygen atoms in total. The lowest BCUT2D eigenvalue weighted by Gasteiger charge is -2.08. The normalized spacial score (nSPS) is 12.2. The van der Waals surface area contributed by atoms with Gasteiger partial charge in [0.15, 0.2) is 12.0 Å². The molecule has 0 N–H and O–H groups in total. The van der Waals surface area contributed by atoms with Gasteiger partial charge in [-0.15, -0.1) is 0 Å². The minimum Gasteiger partial charge on any atom is -0.374 e. The van der Waals surface area contributed by atoms with Crippen molar-refractivity contribution in [3.63, 3.8) is 0 Å². The summed E-state index contributed by atoms with van der Waals surface area (Å²) in [5, 5.41) is 0. The summed E-state index contributed by atoms with van der Waals surface area (Å²) in [5.74, 6) is -0.679. The van der Waals surface area contributed by atoms with Crippen LogP contribution < -0.4 is 4.18 Å². The summed E-state index contributed by atoms with van der Waals surface area (Å²) < 4.78 is 60.5. The van der Waals surface area contributed by atoms with Gasteiger partial charge in [0.05, 0.1) is 6.20 Å². The van der Waals surface area contributed by atoms with Gasteiger partial charge >= 0.3 is 15.6 Å². The van der Waals surface area contributed by atoms with Gasteiger partial charge in [-0.25, -0.2) is 0 Å². The van der Waals surface area contributed by atoms with Gasteiger partial charge in [0.25, 0.3) is 0 Å². The molecular weight excluding hydrogens is 251 g/mol. The summed E-state index contributed by atoms with van der Waals surface area (Å²) in [6.45, 7) is 0. The maximum atomic E-state index is 11.9. The first kappa shape index (κ1) is 12.4. The van der Waals surface area contributed by atoms with Crippen LogP contribution in [0.3, 0.4) is 0 Å². The minimum absolute atomic E-state index is 0.102. The number of rotatable bonds is 3. The van der Waals surface area contributed by atoms with Crippen molar-refractivity contribution < 1.29 is 30.6 Å². The SMILES string of the molecule is O=Cc1cncc(OS(=O)(=O)C(F)(F)F)c1. The maximum absolute atomic E-state index is 11.9. The Morgan fingerprint density at radius 3 is 2.44 bits per heavy atom. The van der Waals surface area contributed by atoms with Crippen molar-refractivity contribution in [3.8, 4) is 5.75 Å². The number of alkyl halides is 3. The van der Waals surface area contributed by atoms with E-state index in [0.29, 0.717) is 6.29 Å². The van der Waals surface area contributed by atoms with Crippen LogP contribution in [0.4, 0.5) is 13.2 Å². The van der Waals surface area contributed by atoms with Crippen LogP contribution >= 0.6 is 0 Å². The average molecular weight is 255 g/mol. The van der Waals surface area contributed by atoms with Crippen LogP contribution in [-0.2, 0) is 10.1 Å². The van der Waals surface area contributed by atoms with Crippen molar-refractivity contribution in [3.05, 3.63) is 24.0 Å². The van der Waals surface area contributed by atoms with Crippen LogP contribution in [0.15, 0.2) is 18.5 Å². The highest BCUT2D eigenvalue weighted by Gasteiger charge is 2.48. The van der Waals surface area contributed by atoms with Gasteiger partial charge in [-0.05, 0) is 6.07 Å². The number of hydrogen-bond acceptors (Lipinski definition) is 5. The molecule has 0 aliphatic heterocycles. The highest BCUT2D eigenvalue weighted by Crippen LogP contribution is 2.26. The molecule has 1 aromatic heterocycles. The van der Waals surface area contributed by atoms with Crippen LogP contribution in [0.5, 0.6) is 5.75 Å². The summed E-state index contributed by atoms with van der Waals surface area (Å²) in [4.78, 5) is 13.6. The molecule has 0 saturated carbocycles. The third kappa shape index (κ3) is 2.69. The van der Waals surface area contributed by atoms with E-state index in [2.05, 4.69) is 9.17 Å². The first-order valence-electron chi connectivity index (χ1n) is 3.67. The van der Waals surface area contributed by atoms with Gasteiger partial charge in [0, 0.05) is 11.8 Å². The van der Waals surface area contributed by atoms with Crippen molar-refractivity contribution in [2.24, 2.45) is 0 Å². The smallest absolute Gasteiger partial charge is 0.374 e. The lowest BCUT2D eigenvalue weighted by atomic mass is 10.3. The Morgan fingerprint density at radius 2 is 1.94 bits per heavy atom. The second-order valence-electron chi connectivity index (χ2n) is 2.56. The Balaban J connectivity index is 3.02. The molecule has 0 bridgehead atoms. The molecule has 1 aromatic rings. The van der Waals surface area contributed by atoms with Crippen molar-refractivity contribution >= 4 is 16.4 Å². The summed E-state index contributed by atoms with van der Waals surface area (Å²) in [6.07, 6.45) is 2.08. The number of aromatic nitrogens is 1. The van der Waals surface area contributed by atoms with Gasteiger partial charge in [0.1, 0.15) is 0 Å². The van der Waals surface area contributed by atoms with E-state index in [0.717, 1.165) is 18.5 Å². The number of pyridine rings is 1. The zero-order valence-electron chi connectivity index (χ0n) is 7.43. The lowest BCUT2D eigenvalue weighted by molar-refractivity contribution is -0.0500. The second kappa shape index (κ2) is 4.08. The summed E-state index contributed by atoms with van der Waals surface area (Å²) in [5.41, 5.74) is -5.63. The number of halogens is 3. The first-order valence-corrected chi connectivity index (χ1v) is 5.08. The van der Waals surface area contributed by atoms with E-state index in [1.165, 1.54) is 0 Å². The molecule has 0 amide bonds. The number of carbonyl (C=O) groups excluding carboxylic acids is 1. The van der Waals surface area contributed by atoms with Crippen LogP contribution in [0, 0.1) is 0 Å². The molecule has 0 aliphatic rings. The Bertz CT molecular complexity index is 497. The fourth-order valence-electron chi connectivity index (χ4n) is 0.720. The summed E-state index contributed by atoms with van der Waals surface area (Å²) in [7, 11) is -5.73. The number of carbonyl (C=O) groups is 1. The molecule has 0 unspecified atom stereocenters. The van der Waals surface area contributed by atoms with Crippen molar-refractivity contribution in [2.45, 2.75) is 5.51 Å². The second-order valence-corrected chi connectivity index (χ2v) is 4.09. The van der Waals surface area contributed by atoms with E-state index in [1.807, 2.05) is 0 Å². The molecule has 0 radical (unpaired) electrons. The van der Waals surface area contributed by atoms with Crippen molar-refractivity contribution in [1.29, 1.82) is 0 Å². The Kier molecular flexibility index (Phi) is 3.17. The monoisotopic (exact) mass is 255 g/mol. The predicted molar refractivity (Wildman–Crippen MR) is 45.2 cm³/mol. The molecule has 1 rings (SSSR count). The number of hydrogen-bond donors (Lipinski definition) is 0. The van der Waals surface area contributed by atoms with Gasteiger partial charge in [0.2, 0.25) is 0 Å². The minimum atomic E-state index is -5.73. The predicted octanol–water partition coefficient (Wildman–Crippen LogP) is 1.12. The highest BCUT2D eigenvalue weighted by molar-refractivity contribution is 7.87. The molecule has 88 valence electrons. The van der Waals surface area contributed by atoms with Crippen LogP contribution in [-0.4, -0.2) is 25.2 Å². The van der Waals surface area contributed by atoms with E-state index >= 15 is 0 Å². The molecule has 16 heavy (non-hydrogen) atoms. The van der Waals surface area contributed by atoms with E-state index in [-0.39, 0.29) is 5.56 Å². The Hall–Kier alpha value is -1.64. The molecule has 0 aromatic carbocycles. The van der Waals surface area contributed by atoms with E-state index in [9.17, 15) is 26.4 Å². The summed E-state index contributed by atoms with van der Waals surface area (Å²) in [6, 6.07) is 0.823. The topological polar surface area (TPSA) is 73.3 Å². The van der Waals surface area contributed by atoms with E-state index in [1.54, 1.807) is 0 Å². The fourth-order valence-corrected chi connectivity index (χ4v) is 1.16. The Morgan fingerprint density at radius 1 is 1.31 bits per heavy atom. The fraction of sp³-hybridized carbons (Fsp3) is 0.143. The van der Waals surface area contributed by atoms with Crippen LogP contribution in [0.1, 0.15) is 10.4 Å². The number of aldehydes is 1. The van der Waals surface area contributed by atoms with E-state index in [4.69, 9.17) is 0 Å². The van der Waals surface area contributed by atoms with Crippen molar-refractivity contribution in [2.75, 3.05) is 0 Å². The molecular formula is C7H4F3NO4S.